The lowest BCUT2D eigenvalue weighted by atomic mass is 10.2. The van der Waals surface area contributed by atoms with Gasteiger partial charge in [0.25, 0.3) is 0 Å². The van der Waals surface area contributed by atoms with Gasteiger partial charge in [-0.1, -0.05) is 17.3 Å². The number of thiazole rings is 1. The second-order valence-corrected chi connectivity index (χ2v) is 5.41. The standard InChI is InChI=1S/C10H5BrN2OS/c11-8-5-12-10(15-8)9-6-3-1-2-4-7(6)14-13-9/h1-5H. The average molecular weight is 281 g/mol. The summed E-state index contributed by atoms with van der Waals surface area (Å²) in [4.78, 5) is 4.26. The fourth-order valence-corrected chi connectivity index (χ4v) is 2.61. The van der Waals surface area contributed by atoms with E-state index in [4.69, 9.17) is 4.52 Å². The summed E-state index contributed by atoms with van der Waals surface area (Å²) in [7, 11) is 0. The van der Waals surface area contributed by atoms with E-state index < -0.39 is 0 Å². The first-order chi connectivity index (χ1) is 7.34. The van der Waals surface area contributed by atoms with E-state index in [0.29, 0.717) is 0 Å². The maximum absolute atomic E-state index is 5.21. The van der Waals surface area contributed by atoms with Crippen LogP contribution in [0.15, 0.2) is 38.8 Å². The Hall–Kier alpha value is -1.20. The third-order valence-electron chi connectivity index (χ3n) is 2.06. The molecule has 0 N–H and O–H groups in total. The molecule has 0 fully saturated rings. The molecule has 5 heteroatoms. The zero-order valence-electron chi connectivity index (χ0n) is 7.48. The number of hydrogen-bond acceptors (Lipinski definition) is 4. The van der Waals surface area contributed by atoms with Crippen LogP contribution in [0, 0.1) is 0 Å². The Balaban J connectivity index is 2.27. The van der Waals surface area contributed by atoms with Gasteiger partial charge in [-0.2, -0.15) is 0 Å². The summed E-state index contributed by atoms with van der Waals surface area (Å²) >= 11 is 4.92. The summed E-state index contributed by atoms with van der Waals surface area (Å²) < 4.78 is 6.20. The van der Waals surface area contributed by atoms with Crippen molar-refractivity contribution < 1.29 is 4.52 Å². The summed E-state index contributed by atoms with van der Waals surface area (Å²) in [5.41, 5.74) is 1.60. The Morgan fingerprint density at radius 3 is 2.93 bits per heavy atom. The van der Waals surface area contributed by atoms with Crippen LogP contribution < -0.4 is 0 Å². The van der Waals surface area contributed by atoms with Gasteiger partial charge in [0, 0.05) is 0 Å². The molecule has 3 rings (SSSR count). The van der Waals surface area contributed by atoms with E-state index in [0.717, 1.165) is 25.5 Å². The van der Waals surface area contributed by atoms with Crippen LogP contribution in [0.5, 0.6) is 0 Å². The van der Waals surface area contributed by atoms with Crippen molar-refractivity contribution >= 4 is 38.2 Å². The number of fused-ring (bicyclic) bond motifs is 1. The number of hydrogen-bond donors (Lipinski definition) is 0. The molecule has 0 saturated carbocycles. The SMILES string of the molecule is Brc1cnc(-c2noc3ccccc23)s1. The third kappa shape index (κ3) is 1.48. The molecule has 0 spiro atoms. The van der Waals surface area contributed by atoms with Gasteiger partial charge >= 0.3 is 0 Å². The monoisotopic (exact) mass is 280 g/mol. The normalized spacial score (nSPS) is 11.0. The minimum absolute atomic E-state index is 0.791. The lowest BCUT2D eigenvalue weighted by Gasteiger charge is -1.87. The van der Waals surface area contributed by atoms with Crippen molar-refractivity contribution in [2.45, 2.75) is 0 Å². The first kappa shape index (κ1) is 9.06. The third-order valence-corrected chi connectivity index (χ3v) is 3.54. The first-order valence-corrected chi connectivity index (χ1v) is 5.91. The molecule has 2 heterocycles. The Morgan fingerprint density at radius 1 is 1.27 bits per heavy atom. The Morgan fingerprint density at radius 2 is 2.13 bits per heavy atom. The highest BCUT2D eigenvalue weighted by Crippen LogP contribution is 2.32. The zero-order chi connectivity index (χ0) is 10.3. The molecule has 0 bridgehead atoms. The molecule has 0 radical (unpaired) electrons. The quantitative estimate of drug-likeness (QED) is 0.682. The van der Waals surface area contributed by atoms with Crippen LogP contribution in [-0.2, 0) is 0 Å². The Bertz CT molecular complexity index is 616. The van der Waals surface area contributed by atoms with Gasteiger partial charge < -0.3 is 4.52 Å². The maximum Gasteiger partial charge on any atom is 0.167 e. The van der Waals surface area contributed by atoms with Crippen molar-refractivity contribution in [3.63, 3.8) is 0 Å². The van der Waals surface area contributed by atoms with E-state index in [1.807, 2.05) is 24.3 Å². The van der Waals surface area contributed by atoms with E-state index in [1.165, 1.54) is 0 Å². The largest absolute Gasteiger partial charge is 0.356 e. The molecule has 1 aromatic carbocycles. The molecule has 3 nitrogen and oxygen atoms in total. The van der Waals surface area contributed by atoms with Crippen LogP contribution in [0.3, 0.4) is 0 Å². The lowest BCUT2D eigenvalue weighted by Crippen LogP contribution is -1.74. The topological polar surface area (TPSA) is 38.9 Å². The molecular formula is C10H5BrN2OS. The summed E-state index contributed by atoms with van der Waals surface area (Å²) in [6.45, 7) is 0. The average Bonchev–Trinajstić information content (AvgIpc) is 2.83. The number of rotatable bonds is 1. The van der Waals surface area contributed by atoms with Crippen LogP contribution in [0.2, 0.25) is 0 Å². The molecule has 3 aromatic rings. The second kappa shape index (κ2) is 3.43. The summed E-state index contributed by atoms with van der Waals surface area (Å²) in [5.74, 6) is 0. The highest BCUT2D eigenvalue weighted by atomic mass is 79.9. The molecule has 0 saturated heterocycles. The summed E-state index contributed by atoms with van der Waals surface area (Å²) in [6, 6.07) is 7.77. The Labute approximate surface area is 97.9 Å². The van der Waals surface area contributed by atoms with Gasteiger partial charge in [-0.15, -0.1) is 11.3 Å². The van der Waals surface area contributed by atoms with Crippen LogP contribution in [0.1, 0.15) is 0 Å². The van der Waals surface area contributed by atoms with Gasteiger partial charge in [-0.25, -0.2) is 4.98 Å². The number of benzene rings is 1. The highest BCUT2D eigenvalue weighted by molar-refractivity contribution is 9.11. The van der Waals surface area contributed by atoms with Gasteiger partial charge in [0.2, 0.25) is 0 Å². The van der Waals surface area contributed by atoms with Crippen molar-refractivity contribution in [2.75, 3.05) is 0 Å². The van der Waals surface area contributed by atoms with Crippen LogP contribution >= 0.6 is 27.3 Å². The van der Waals surface area contributed by atoms with Gasteiger partial charge in [0.1, 0.15) is 10.7 Å². The Kier molecular flexibility index (Phi) is 2.07. The minimum Gasteiger partial charge on any atom is -0.356 e. The number of nitrogens with zero attached hydrogens (tertiary/aromatic N) is 2. The van der Waals surface area contributed by atoms with Crippen molar-refractivity contribution in [3.8, 4) is 10.7 Å². The van der Waals surface area contributed by atoms with E-state index in [-0.39, 0.29) is 0 Å². The predicted molar refractivity (Wildman–Crippen MR) is 62.8 cm³/mol. The van der Waals surface area contributed by atoms with Crippen LogP contribution in [0.25, 0.3) is 21.7 Å². The number of halogens is 1. The first-order valence-electron chi connectivity index (χ1n) is 4.31. The van der Waals surface area contributed by atoms with Gasteiger partial charge in [-0.3, -0.25) is 0 Å². The molecule has 74 valence electrons. The molecule has 2 aromatic heterocycles. The molecule has 0 amide bonds. The van der Waals surface area contributed by atoms with E-state index in [2.05, 4.69) is 26.1 Å². The van der Waals surface area contributed by atoms with Crippen LogP contribution in [0.4, 0.5) is 0 Å². The lowest BCUT2D eigenvalue weighted by molar-refractivity contribution is 0.459. The molecular weight excluding hydrogens is 276 g/mol. The molecule has 15 heavy (non-hydrogen) atoms. The van der Waals surface area contributed by atoms with Crippen molar-refractivity contribution in [1.29, 1.82) is 0 Å². The second-order valence-electron chi connectivity index (χ2n) is 3.00. The van der Waals surface area contributed by atoms with E-state index >= 15 is 0 Å². The number of para-hydroxylation sites is 1. The number of aromatic nitrogens is 2. The van der Waals surface area contributed by atoms with Gasteiger partial charge in [-0.05, 0) is 28.1 Å². The van der Waals surface area contributed by atoms with Crippen molar-refractivity contribution in [1.82, 2.24) is 10.1 Å². The molecule has 0 aliphatic carbocycles. The zero-order valence-corrected chi connectivity index (χ0v) is 9.88. The molecule has 0 unspecified atom stereocenters. The van der Waals surface area contributed by atoms with Gasteiger partial charge in [0.15, 0.2) is 5.58 Å². The van der Waals surface area contributed by atoms with Crippen LogP contribution in [-0.4, -0.2) is 10.1 Å². The molecule has 0 atom stereocenters. The smallest absolute Gasteiger partial charge is 0.167 e. The van der Waals surface area contributed by atoms with Gasteiger partial charge in [0.05, 0.1) is 15.4 Å². The predicted octanol–water partition coefficient (Wildman–Crippen LogP) is 3.71. The summed E-state index contributed by atoms with van der Waals surface area (Å²) in [5, 5.41) is 5.90. The minimum atomic E-state index is 0.791. The van der Waals surface area contributed by atoms with Crippen molar-refractivity contribution in [3.05, 3.63) is 34.2 Å². The van der Waals surface area contributed by atoms with Crippen molar-refractivity contribution in [2.24, 2.45) is 0 Å². The summed E-state index contributed by atoms with van der Waals surface area (Å²) in [6.07, 6.45) is 1.77. The maximum atomic E-state index is 5.21. The molecule has 0 aliphatic heterocycles. The fourth-order valence-electron chi connectivity index (χ4n) is 1.40. The van der Waals surface area contributed by atoms with E-state index in [9.17, 15) is 0 Å². The highest BCUT2D eigenvalue weighted by Gasteiger charge is 2.12. The fraction of sp³-hybridized carbons (Fsp3) is 0. The van der Waals surface area contributed by atoms with E-state index in [1.54, 1.807) is 17.5 Å². The molecule has 0 aliphatic rings.